The summed E-state index contributed by atoms with van der Waals surface area (Å²) in [5.74, 6) is 0.0789. The van der Waals surface area contributed by atoms with Gasteiger partial charge in [0.1, 0.15) is 4.21 Å². The van der Waals surface area contributed by atoms with E-state index in [1.165, 1.54) is 16.9 Å². The smallest absolute Gasteiger partial charge is 0.189 e. The standard InChI is InChI=1S/C15H19NO2S2/c1-3-12-6-8-13(9-7-12)14(16-2)11-20(17,18)15-5-4-10-19-15/h4-10,14,16H,3,11H2,1-2H3. The average Bonchev–Trinajstić information content (AvgIpc) is 3.00. The van der Waals surface area contributed by atoms with Crippen molar-refractivity contribution in [2.24, 2.45) is 0 Å². The fourth-order valence-corrected chi connectivity index (χ4v) is 4.73. The predicted molar refractivity (Wildman–Crippen MR) is 84.0 cm³/mol. The molecule has 1 unspecified atom stereocenters. The molecule has 0 aliphatic carbocycles. The lowest BCUT2D eigenvalue weighted by atomic mass is 10.1. The Morgan fingerprint density at radius 1 is 1.20 bits per heavy atom. The van der Waals surface area contributed by atoms with Crippen LogP contribution in [-0.4, -0.2) is 21.2 Å². The van der Waals surface area contributed by atoms with Crippen LogP contribution in [-0.2, 0) is 16.3 Å². The molecule has 0 bridgehead atoms. The molecule has 1 heterocycles. The van der Waals surface area contributed by atoms with E-state index in [0.29, 0.717) is 4.21 Å². The highest BCUT2D eigenvalue weighted by Gasteiger charge is 2.22. The molecule has 0 saturated carbocycles. The maximum atomic E-state index is 12.3. The molecule has 0 radical (unpaired) electrons. The van der Waals surface area contributed by atoms with Gasteiger partial charge in [-0.1, -0.05) is 37.3 Å². The topological polar surface area (TPSA) is 46.2 Å². The van der Waals surface area contributed by atoms with Crippen LogP contribution in [0.25, 0.3) is 0 Å². The minimum Gasteiger partial charge on any atom is -0.312 e. The summed E-state index contributed by atoms with van der Waals surface area (Å²) in [6.07, 6.45) is 0.984. The largest absolute Gasteiger partial charge is 0.312 e. The number of benzene rings is 1. The lowest BCUT2D eigenvalue weighted by Gasteiger charge is -2.16. The van der Waals surface area contributed by atoms with E-state index in [1.54, 1.807) is 24.6 Å². The Morgan fingerprint density at radius 2 is 1.90 bits per heavy atom. The lowest BCUT2D eigenvalue weighted by molar-refractivity contribution is 0.576. The minimum absolute atomic E-state index is 0.0789. The first-order valence-corrected chi connectivity index (χ1v) is 9.12. The van der Waals surface area contributed by atoms with Gasteiger partial charge >= 0.3 is 0 Å². The first-order valence-electron chi connectivity index (χ1n) is 6.59. The lowest BCUT2D eigenvalue weighted by Crippen LogP contribution is -2.25. The van der Waals surface area contributed by atoms with Gasteiger partial charge in [0, 0.05) is 6.04 Å². The highest BCUT2D eigenvalue weighted by atomic mass is 32.2. The van der Waals surface area contributed by atoms with Crippen molar-refractivity contribution in [3.05, 3.63) is 52.9 Å². The number of hydrogen-bond donors (Lipinski definition) is 1. The van der Waals surface area contributed by atoms with Crippen LogP contribution in [0.4, 0.5) is 0 Å². The molecule has 5 heteroatoms. The van der Waals surface area contributed by atoms with Gasteiger partial charge in [-0.05, 0) is 36.0 Å². The van der Waals surface area contributed by atoms with Crippen LogP contribution in [0.3, 0.4) is 0 Å². The highest BCUT2D eigenvalue weighted by Crippen LogP contribution is 2.23. The summed E-state index contributed by atoms with van der Waals surface area (Å²) < 4.78 is 25.1. The molecule has 1 atom stereocenters. The van der Waals surface area contributed by atoms with Gasteiger partial charge in [-0.25, -0.2) is 8.42 Å². The van der Waals surface area contributed by atoms with Gasteiger partial charge in [-0.3, -0.25) is 0 Å². The number of sulfone groups is 1. The quantitative estimate of drug-likeness (QED) is 0.892. The minimum atomic E-state index is -3.24. The third kappa shape index (κ3) is 3.48. The Bertz CT molecular complexity index is 631. The monoisotopic (exact) mass is 309 g/mol. The van der Waals surface area contributed by atoms with Gasteiger partial charge in [-0.2, -0.15) is 0 Å². The highest BCUT2D eigenvalue weighted by molar-refractivity contribution is 7.93. The van der Waals surface area contributed by atoms with Crippen LogP contribution in [0.15, 0.2) is 46.0 Å². The number of aryl methyl sites for hydroxylation is 1. The van der Waals surface area contributed by atoms with E-state index >= 15 is 0 Å². The second-order valence-electron chi connectivity index (χ2n) is 4.65. The van der Waals surface area contributed by atoms with Crippen LogP contribution < -0.4 is 5.32 Å². The van der Waals surface area contributed by atoms with Crippen molar-refractivity contribution in [1.82, 2.24) is 5.32 Å². The van der Waals surface area contributed by atoms with Gasteiger partial charge in [-0.15, -0.1) is 11.3 Å². The van der Waals surface area contributed by atoms with Crippen LogP contribution in [0.5, 0.6) is 0 Å². The third-order valence-corrected chi connectivity index (χ3v) is 6.56. The normalized spacial score (nSPS) is 13.3. The molecule has 1 N–H and O–H groups in total. The molecule has 108 valence electrons. The van der Waals surface area contributed by atoms with Crippen molar-refractivity contribution in [3.63, 3.8) is 0 Å². The molecule has 2 rings (SSSR count). The number of thiophene rings is 1. The molecule has 1 aromatic carbocycles. The first-order chi connectivity index (χ1) is 9.56. The molecule has 1 aromatic heterocycles. The van der Waals surface area contributed by atoms with E-state index in [-0.39, 0.29) is 11.8 Å². The Kier molecular flexibility index (Phi) is 4.96. The van der Waals surface area contributed by atoms with Crippen molar-refractivity contribution < 1.29 is 8.42 Å². The fourth-order valence-electron chi connectivity index (χ4n) is 2.07. The number of nitrogens with one attached hydrogen (secondary N) is 1. The molecule has 2 aromatic rings. The maximum absolute atomic E-state index is 12.3. The summed E-state index contributed by atoms with van der Waals surface area (Å²) in [5, 5.41) is 4.89. The van der Waals surface area contributed by atoms with E-state index < -0.39 is 9.84 Å². The molecule has 0 amide bonds. The molecule has 0 fully saturated rings. The summed E-state index contributed by atoms with van der Waals surface area (Å²) in [7, 11) is -1.44. The zero-order chi connectivity index (χ0) is 14.6. The molecule has 0 saturated heterocycles. The first kappa shape index (κ1) is 15.2. The van der Waals surface area contributed by atoms with E-state index in [2.05, 4.69) is 24.4 Å². The summed E-state index contributed by atoms with van der Waals surface area (Å²) in [4.78, 5) is 0. The molecular weight excluding hydrogens is 290 g/mol. The van der Waals surface area contributed by atoms with Crippen molar-refractivity contribution >= 4 is 21.2 Å². The summed E-state index contributed by atoms with van der Waals surface area (Å²) in [6.45, 7) is 2.10. The molecule has 0 spiro atoms. The SMILES string of the molecule is CCc1ccc(C(CS(=O)(=O)c2cccs2)NC)cc1. The third-order valence-electron chi connectivity index (χ3n) is 3.33. The zero-order valence-electron chi connectivity index (χ0n) is 11.7. The maximum Gasteiger partial charge on any atom is 0.189 e. The summed E-state index contributed by atoms with van der Waals surface area (Å²) in [6, 6.07) is 11.4. The predicted octanol–water partition coefficient (Wildman–Crippen LogP) is 3.04. The summed E-state index contributed by atoms with van der Waals surface area (Å²) in [5.41, 5.74) is 2.26. The van der Waals surface area contributed by atoms with Gasteiger partial charge in [0.2, 0.25) is 0 Å². The zero-order valence-corrected chi connectivity index (χ0v) is 13.3. The molecule has 3 nitrogen and oxygen atoms in total. The van der Waals surface area contributed by atoms with Gasteiger partial charge in [0.15, 0.2) is 9.84 Å². The van der Waals surface area contributed by atoms with Crippen LogP contribution in [0.2, 0.25) is 0 Å². The second kappa shape index (κ2) is 6.52. The van der Waals surface area contributed by atoms with Crippen molar-refractivity contribution in [1.29, 1.82) is 0 Å². The van der Waals surface area contributed by atoms with Crippen LogP contribution in [0, 0.1) is 0 Å². The van der Waals surface area contributed by atoms with Crippen molar-refractivity contribution in [2.45, 2.75) is 23.6 Å². The Morgan fingerprint density at radius 3 is 2.40 bits per heavy atom. The Hall–Kier alpha value is -1.17. The van der Waals surface area contributed by atoms with Crippen LogP contribution >= 0.6 is 11.3 Å². The Balaban J connectivity index is 2.20. The summed E-state index contributed by atoms with van der Waals surface area (Å²) >= 11 is 1.27. The fraction of sp³-hybridized carbons (Fsp3) is 0.333. The molecular formula is C15H19NO2S2. The molecule has 0 aliphatic rings. The van der Waals surface area contributed by atoms with Crippen molar-refractivity contribution in [2.75, 3.05) is 12.8 Å². The van der Waals surface area contributed by atoms with E-state index in [1.807, 2.05) is 12.1 Å². The van der Waals surface area contributed by atoms with E-state index in [0.717, 1.165) is 12.0 Å². The molecule has 0 aliphatic heterocycles. The number of hydrogen-bond acceptors (Lipinski definition) is 4. The van der Waals surface area contributed by atoms with Crippen LogP contribution in [0.1, 0.15) is 24.1 Å². The molecule has 20 heavy (non-hydrogen) atoms. The number of rotatable bonds is 6. The average molecular weight is 309 g/mol. The van der Waals surface area contributed by atoms with Gasteiger partial charge < -0.3 is 5.32 Å². The van der Waals surface area contributed by atoms with Gasteiger partial charge in [0.05, 0.1) is 5.75 Å². The van der Waals surface area contributed by atoms with E-state index in [4.69, 9.17) is 0 Å². The second-order valence-corrected chi connectivity index (χ2v) is 7.86. The van der Waals surface area contributed by atoms with Gasteiger partial charge in [0.25, 0.3) is 0 Å². The van der Waals surface area contributed by atoms with E-state index in [9.17, 15) is 8.42 Å². The Labute approximate surface area is 124 Å². The van der Waals surface area contributed by atoms with Crippen molar-refractivity contribution in [3.8, 4) is 0 Å².